The second-order valence-electron chi connectivity index (χ2n) is 14.1. The Morgan fingerprint density at radius 1 is 0.521 bits per heavy atom. The summed E-state index contributed by atoms with van der Waals surface area (Å²) < 4.78 is 0. The van der Waals surface area contributed by atoms with Gasteiger partial charge in [-0.15, -0.1) is 69.1 Å². The van der Waals surface area contributed by atoms with Crippen molar-refractivity contribution in [2.45, 2.75) is 85.5 Å². The first-order chi connectivity index (χ1) is 21.4. The molecule has 0 nitrogen and oxygen atoms in total. The number of aryl methyl sites for hydroxylation is 2. The Balaban J connectivity index is 0.000000420. The molecule has 0 atom stereocenters. The summed E-state index contributed by atoms with van der Waals surface area (Å²) in [5, 5.41) is 5.45. The van der Waals surface area contributed by atoms with E-state index in [1.54, 1.807) is 0 Å². The van der Waals surface area contributed by atoms with Gasteiger partial charge in [0.15, 0.2) is 0 Å². The van der Waals surface area contributed by atoms with Crippen LogP contribution < -0.4 is 24.8 Å². The Hall–Kier alpha value is -2.61. The minimum Gasteiger partial charge on any atom is -1.00 e. The molecule has 3 heteroatoms. The Morgan fingerprint density at radius 2 is 0.833 bits per heavy atom. The minimum absolute atomic E-state index is 0. The number of hydrogen-bond donors (Lipinski definition) is 0. The largest absolute Gasteiger partial charge is 2.00 e. The third-order valence-electron chi connectivity index (χ3n) is 8.56. The van der Waals surface area contributed by atoms with Crippen molar-refractivity contribution < 1.29 is 46.5 Å². The van der Waals surface area contributed by atoms with Gasteiger partial charge in [0.2, 0.25) is 0 Å². The van der Waals surface area contributed by atoms with E-state index in [2.05, 4.69) is 178 Å². The van der Waals surface area contributed by atoms with Gasteiger partial charge in [0.25, 0.3) is 0 Å². The standard InChI is InChI=1S/2C21H23.C3H6.2ClH.Ti/c2*1-5-15-13-17-7-6-8-19(20(17)14-15)16-9-11-18(12-10-16)21(2,3)4;1-3-2;;;/h2*6-14H,5H2,1-4H3;1-3H2;2*1H;/q2*-1;-2;;;+2/p-2. The molecule has 0 aliphatic carbocycles. The van der Waals surface area contributed by atoms with Gasteiger partial charge in [0.1, 0.15) is 0 Å². The molecule has 0 spiro atoms. The molecule has 0 amide bonds. The van der Waals surface area contributed by atoms with Crippen LogP contribution in [-0.2, 0) is 45.4 Å². The molecular weight excluding hydrogens is 659 g/mol. The molecule has 0 heterocycles. The van der Waals surface area contributed by atoms with E-state index in [1.165, 1.54) is 66.1 Å². The molecule has 0 unspecified atom stereocenters. The van der Waals surface area contributed by atoms with Crippen molar-refractivity contribution >= 4 is 21.5 Å². The maximum absolute atomic E-state index is 3.38. The first-order valence-corrected chi connectivity index (χ1v) is 16.6. The second kappa shape index (κ2) is 19.0. The zero-order chi connectivity index (χ0) is 32.8. The van der Waals surface area contributed by atoms with Gasteiger partial charge in [-0.1, -0.05) is 127 Å². The van der Waals surface area contributed by atoms with Gasteiger partial charge in [-0.3, -0.25) is 0 Å². The van der Waals surface area contributed by atoms with Crippen molar-refractivity contribution in [1.82, 2.24) is 0 Å². The van der Waals surface area contributed by atoms with Crippen molar-refractivity contribution in [2.75, 3.05) is 0 Å². The molecular formula is C45H52Cl2Ti-4. The van der Waals surface area contributed by atoms with E-state index in [0.29, 0.717) is 0 Å². The predicted molar refractivity (Wildman–Crippen MR) is 201 cm³/mol. The van der Waals surface area contributed by atoms with E-state index in [4.69, 9.17) is 0 Å². The quantitative estimate of drug-likeness (QED) is 0.134. The SMILES string of the molecule is CCc1cc2c(-c3ccc(C(C)(C)C)cc3)cccc2[cH-]1.CCc1cc2c(-c3ccc(C(C)(C)C)cc3)cccc2[cH-]1.[CH2-]C[CH2-].[Cl-].[Cl-].[Ti+2]. The van der Waals surface area contributed by atoms with E-state index >= 15 is 0 Å². The van der Waals surface area contributed by atoms with Crippen LogP contribution in [0, 0.1) is 13.8 Å². The number of benzene rings is 4. The van der Waals surface area contributed by atoms with Gasteiger partial charge >= 0.3 is 21.7 Å². The van der Waals surface area contributed by atoms with Gasteiger partial charge < -0.3 is 45.1 Å². The van der Waals surface area contributed by atoms with Crippen LogP contribution in [0.3, 0.4) is 0 Å². The minimum atomic E-state index is 0. The van der Waals surface area contributed by atoms with Crippen LogP contribution >= 0.6 is 0 Å². The molecule has 0 bridgehead atoms. The summed E-state index contributed by atoms with van der Waals surface area (Å²) in [7, 11) is 0. The van der Waals surface area contributed by atoms with Crippen LogP contribution in [0.15, 0.2) is 109 Å². The van der Waals surface area contributed by atoms with Gasteiger partial charge in [-0.2, -0.15) is 12.1 Å². The van der Waals surface area contributed by atoms with Gasteiger partial charge in [0.05, 0.1) is 0 Å². The summed E-state index contributed by atoms with van der Waals surface area (Å²) >= 11 is 0. The van der Waals surface area contributed by atoms with Crippen LogP contribution in [0.5, 0.6) is 0 Å². The summed E-state index contributed by atoms with van der Waals surface area (Å²) in [6.45, 7) is 24.7. The van der Waals surface area contributed by atoms with Crippen molar-refractivity contribution in [2.24, 2.45) is 0 Å². The molecule has 0 radical (unpaired) electrons. The molecule has 0 aliphatic heterocycles. The zero-order valence-electron chi connectivity index (χ0n) is 30.2. The second-order valence-corrected chi connectivity index (χ2v) is 14.1. The van der Waals surface area contributed by atoms with Gasteiger partial charge in [0, 0.05) is 0 Å². The Bertz CT molecular complexity index is 1670. The number of halogens is 2. The summed E-state index contributed by atoms with van der Waals surface area (Å²) in [6, 6.07) is 40.6. The van der Waals surface area contributed by atoms with E-state index in [1.807, 2.05) is 0 Å². The van der Waals surface area contributed by atoms with Crippen LogP contribution in [0.4, 0.5) is 0 Å². The molecule has 0 aromatic heterocycles. The Morgan fingerprint density at radius 3 is 1.10 bits per heavy atom. The van der Waals surface area contributed by atoms with E-state index in [9.17, 15) is 0 Å². The fourth-order valence-corrected chi connectivity index (χ4v) is 5.80. The zero-order valence-corrected chi connectivity index (χ0v) is 33.3. The number of rotatable bonds is 4. The van der Waals surface area contributed by atoms with Crippen LogP contribution in [0.2, 0.25) is 0 Å². The van der Waals surface area contributed by atoms with Crippen LogP contribution in [-0.4, -0.2) is 0 Å². The van der Waals surface area contributed by atoms with Gasteiger partial charge in [-0.25, -0.2) is 0 Å². The summed E-state index contributed by atoms with van der Waals surface area (Å²) in [6.07, 6.45) is 2.94. The van der Waals surface area contributed by atoms with E-state index < -0.39 is 0 Å². The van der Waals surface area contributed by atoms with Crippen molar-refractivity contribution in [3.05, 3.63) is 145 Å². The molecule has 0 saturated heterocycles. The van der Waals surface area contributed by atoms with E-state index in [-0.39, 0.29) is 57.4 Å². The summed E-state index contributed by atoms with van der Waals surface area (Å²) in [4.78, 5) is 0. The van der Waals surface area contributed by atoms with Crippen molar-refractivity contribution in [3.63, 3.8) is 0 Å². The molecule has 6 rings (SSSR count). The topological polar surface area (TPSA) is 0 Å². The Labute approximate surface area is 319 Å². The summed E-state index contributed by atoms with van der Waals surface area (Å²) in [5.74, 6) is 0. The fourth-order valence-electron chi connectivity index (χ4n) is 5.80. The third kappa shape index (κ3) is 10.7. The first-order valence-electron chi connectivity index (χ1n) is 16.6. The Kier molecular flexibility index (Phi) is 17.2. The molecule has 6 aromatic carbocycles. The maximum Gasteiger partial charge on any atom is 2.00 e. The molecule has 48 heavy (non-hydrogen) atoms. The average molecular weight is 712 g/mol. The van der Waals surface area contributed by atoms with Crippen LogP contribution in [0.1, 0.15) is 84.1 Å². The molecule has 6 aromatic rings. The van der Waals surface area contributed by atoms with Gasteiger partial charge in [-0.05, 0) is 45.9 Å². The number of fused-ring (bicyclic) bond motifs is 2. The predicted octanol–water partition coefficient (Wildman–Crippen LogP) is 7.22. The normalized spacial score (nSPS) is 10.9. The molecule has 0 fully saturated rings. The summed E-state index contributed by atoms with van der Waals surface area (Å²) in [5.41, 5.74) is 11.3. The maximum atomic E-state index is 3.38. The number of hydrogen-bond acceptors (Lipinski definition) is 0. The van der Waals surface area contributed by atoms with Crippen molar-refractivity contribution in [3.8, 4) is 22.3 Å². The molecule has 254 valence electrons. The van der Waals surface area contributed by atoms with Crippen molar-refractivity contribution in [1.29, 1.82) is 0 Å². The molecule has 0 aliphatic rings. The third-order valence-corrected chi connectivity index (χ3v) is 8.56. The molecule has 0 saturated carbocycles. The first kappa shape index (κ1) is 43.4. The fraction of sp³-hybridized carbons (Fsp3) is 0.289. The van der Waals surface area contributed by atoms with E-state index in [0.717, 1.165) is 19.3 Å². The average Bonchev–Trinajstić information content (AvgIpc) is 3.65. The monoisotopic (exact) mass is 710 g/mol. The van der Waals surface area contributed by atoms with Crippen LogP contribution in [0.25, 0.3) is 43.8 Å². The molecule has 0 N–H and O–H groups in total. The smallest absolute Gasteiger partial charge is 1.00 e.